The maximum absolute atomic E-state index is 7.22. The van der Waals surface area contributed by atoms with E-state index in [4.69, 9.17) is 15.9 Å². The smallest absolute Gasteiger partial charge is 0.183 e. The Kier molecular flexibility index (Phi) is 3.74. The minimum absolute atomic E-state index is 0. The second-order valence-electron chi connectivity index (χ2n) is 2.97. The lowest BCUT2D eigenvalue weighted by Crippen LogP contribution is -2.05. The van der Waals surface area contributed by atoms with Crippen molar-refractivity contribution in [2.75, 3.05) is 17.7 Å². The molecule has 0 unspecified atom stereocenters. The molecule has 0 fully saturated rings. The molecular weight excluding hydrogens is 190 g/mol. The molecule has 0 spiro atoms. The minimum atomic E-state index is 0. The lowest BCUT2D eigenvalue weighted by molar-refractivity contribution is 0.236. The number of nitrogen functional groups attached to an aromatic ring is 1. The van der Waals surface area contributed by atoms with Gasteiger partial charge in [-0.3, -0.25) is 0 Å². The molecule has 0 aromatic heterocycles. The average Bonchev–Trinajstić information content (AvgIpc) is 2.18. The lowest BCUT2D eigenvalue weighted by atomic mass is 10.1. The summed E-state index contributed by atoms with van der Waals surface area (Å²) in [5.41, 5.74) is 7.74. The van der Waals surface area contributed by atoms with Crippen molar-refractivity contribution in [3.8, 4) is 0 Å². The Hall–Kier alpha value is -1.97. The van der Waals surface area contributed by atoms with Gasteiger partial charge in [0.1, 0.15) is 0 Å². The lowest BCUT2D eigenvalue weighted by Gasteiger charge is -2.12. The predicted octanol–water partition coefficient (Wildman–Crippen LogP) is 2.43. The molecule has 0 bridgehead atoms. The number of hydrogen-bond donors (Lipinski definition) is 3. The van der Waals surface area contributed by atoms with Gasteiger partial charge in [0.05, 0.1) is 12.3 Å². The summed E-state index contributed by atoms with van der Waals surface area (Å²) in [5.74, 6) is 0.450. The number of anilines is 2. The van der Waals surface area contributed by atoms with E-state index >= 15 is 0 Å². The van der Waals surface area contributed by atoms with Crippen molar-refractivity contribution in [1.29, 1.82) is 5.41 Å². The van der Waals surface area contributed by atoms with Crippen LogP contribution in [-0.2, 0) is 4.74 Å². The summed E-state index contributed by atoms with van der Waals surface area (Å²) >= 11 is 0. The van der Waals surface area contributed by atoms with E-state index in [9.17, 15) is 0 Å². The van der Waals surface area contributed by atoms with Gasteiger partial charge in [-0.15, -0.1) is 0 Å². The number of rotatable bonds is 5. The van der Waals surface area contributed by atoms with Crippen LogP contribution in [0.25, 0.3) is 0 Å². The molecule has 1 aromatic rings. The van der Waals surface area contributed by atoms with E-state index in [2.05, 4.69) is 11.9 Å². The van der Waals surface area contributed by atoms with E-state index in [1.807, 2.05) is 6.92 Å². The topological polar surface area (TPSA) is 71.1 Å². The van der Waals surface area contributed by atoms with Gasteiger partial charge in [-0.2, -0.15) is 0 Å². The molecule has 0 aliphatic heterocycles. The molecule has 0 heterocycles. The minimum Gasteiger partial charge on any atom is -0.480 e. The van der Waals surface area contributed by atoms with Crippen LogP contribution in [0.4, 0.5) is 11.4 Å². The highest BCUT2D eigenvalue weighted by Gasteiger charge is 2.02. The maximum Gasteiger partial charge on any atom is 0.183 e. The molecule has 1 aromatic carbocycles. The molecular formula is C11H17N3O. The molecule has 4 heteroatoms. The highest BCUT2D eigenvalue weighted by atomic mass is 16.5. The fourth-order valence-electron chi connectivity index (χ4n) is 1.17. The van der Waals surface area contributed by atoms with E-state index in [1.54, 1.807) is 18.2 Å². The molecule has 0 saturated carbocycles. The standard InChI is InChI=1S/C11H15N3O.H2/c1-3-15-8(2)14-11-6-10(13)5-4-9(11)7-12;/h4-7,12,14H,2-3,13H2,1H3;1H. The monoisotopic (exact) mass is 207 g/mol. The second-order valence-corrected chi connectivity index (χ2v) is 2.97. The first-order valence-electron chi connectivity index (χ1n) is 4.66. The first kappa shape index (κ1) is 11.1. The van der Waals surface area contributed by atoms with Crippen LogP contribution in [0.15, 0.2) is 30.7 Å². The highest BCUT2D eigenvalue weighted by Crippen LogP contribution is 2.19. The summed E-state index contributed by atoms with van der Waals surface area (Å²) in [5, 5.41) is 10.2. The third-order valence-corrected chi connectivity index (χ3v) is 1.83. The molecule has 0 aliphatic carbocycles. The normalized spacial score (nSPS) is 9.40. The third-order valence-electron chi connectivity index (χ3n) is 1.83. The molecule has 1 rings (SSSR count). The summed E-state index contributed by atoms with van der Waals surface area (Å²) in [6, 6.07) is 5.25. The van der Waals surface area contributed by atoms with Gasteiger partial charge in [0.15, 0.2) is 5.88 Å². The zero-order valence-corrected chi connectivity index (χ0v) is 8.71. The van der Waals surface area contributed by atoms with Crippen LogP contribution in [0, 0.1) is 5.41 Å². The summed E-state index contributed by atoms with van der Waals surface area (Å²) in [6.07, 6.45) is 1.25. The molecule has 0 amide bonds. The van der Waals surface area contributed by atoms with Crippen LogP contribution in [0.5, 0.6) is 0 Å². The molecule has 0 aliphatic rings. The van der Waals surface area contributed by atoms with Crippen LogP contribution in [0.1, 0.15) is 13.9 Å². The number of nitrogens with two attached hydrogens (primary N) is 1. The van der Waals surface area contributed by atoms with Crippen LogP contribution in [0.2, 0.25) is 0 Å². The third kappa shape index (κ3) is 3.02. The zero-order valence-electron chi connectivity index (χ0n) is 8.71. The summed E-state index contributed by atoms with van der Waals surface area (Å²) < 4.78 is 5.16. The number of ether oxygens (including phenoxy) is 1. The van der Waals surface area contributed by atoms with Gasteiger partial charge < -0.3 is 21.2 Å². The van der Waals surface area contributed by atoms with E-state index < -0.39 is 0 Å². The Bertz CT molecular complexity index is 379. The van der Waals surface area contributed by atoms with Crippen LogP contribution >= 0.6 is 0 Å². The molecule has 15 heavy (non-hydrogen) atoms. The van der Waals surface area contributed by atoms with Crippen LogP contribution in [-0.4, -0.2) is 12.8 Å². The van der Waals surface area contributed by atoms with Crippen molar-refractivity contribution in [2.45, 2.75) is 6.92 Å². The quantitative estimate of drug-likeness (QED) is 0.394. The Labute approximate surface area is 90.7 Å². The fraction of sp³-hybridized carbons (Fsp3) is 0.182. The van der Waals surface area contributed by atoms with E-state index in [0.29, 0.717) is 18.2 Å². The first-order valence-corrected chi connectivity index (χ1v) is 4.66. The van der Waals surface area contributed by atoms with Gasteiger partial charge in [0.2, 0.25) is 0 Å². The van der Waals surface area contributed by atoms with Crippen LogP contribution in [0.3, 0.4) is 0 Å². The molecule has 4 N–H and O–H groups in total. The van der Waals surface area contributed by atoms with E-state index in [0.717, 1.165) is 11.3 Å². The number of benzene rings is 1. The van der Waals surface area contributed by atoms with Crippen molar-refractivity contribution >= 4 is 17.6 Å². The largest absolute Gasteiger partial charge is 0.480 e. The number of nitrogens with one attached hydrogen (secondary N) is 2. The maximum atomic E-state index is 7.22. The van der Waals surface area contributed by atoms with E-state index in [-0.39, 0.29) is 1.43 Å². The first-order chi connectivity index (χ1) is 7.17. The zero-order chi connectivity index (χ0) is 11.3. The molecule has 82 valence electrons. The van der Waals surface area contributed by atoms with Crippen molar-refractivity contribution in [2.24, 2.45) is 0 Å². The van der Waals surface area contributed by atoms with E-state index in [1.165, 1.54) is 6.21 Å². The van der Waals surface area contributed by atoms with Gasteiger partial charge >= 0.3 is 0 Å². The fourth-order valence-corrected chi connectivity index (χ4v) is 1.17. The Morgan fingerprint density at radius 2 is 2.47 bits per heavy atom. The van der Waals surface area contributed by atoms with Gasteiger partial charge in [-0.1, -0.05) is 0 Å². The van der Waals surface area contributed by atoms with Crippen molar-refractivity contribution in [3.05, 3.63) is 36.2 Å². The molecule has 0 radical (unpaired) electrons. The molecule has 0 atom stereocenters. The highest BCUT2D eigenvalue weighted by molar-refractivity contribution is 5.87. The second kappa shape index (κ2) is 5.05. The van der Waals surface area contributed by atoms with Crippen molar-refractivity contribution in [1.82, 2.24) is 0 Å². The summed E-state index contributed by atoms with van der Waals surface area (Å²) in [7, 11) is 0. The molecule has 0 saturated heterocycles. The van der Waals surface area contributed by atoms with Gasteiger partial charge in [0, 0.05) is 18.9 Å². The Morgan fingerprint density at radius 1 is 1.73 bits per heavy atom. The Balaban J connectivity index is 0.00000225. The van der Waals surface area contributed by atoms with Gasteiger partial charge in [-0.25, -0.2) is 0 Å². The van der Waals surface area contributed by atoms with Crippen molar-refractivity contribution in [3.63, 3.8) is 0 Å². The van der Waals surface area contributed by atoms with Gasteiger partial charge in [-0.05, 0) is 31.7 Å². The van der Waals surface area contributed by atoms with Crippen molar-refractivity contribution < 1.29 is 6.16 Å². The summed E-state index contributed by atoms with van der Waals surface area (Å²) in [6.45, 7) is 6.12. The summed E-state index contributed by atoms with van der Waals surface area (Å²) in [4.78, 5) is 0. The average molecular weight is 207 g/mol. The van der Waals surface area contributed by atoms with Gasteiger partial charge in [0.25, 0.3) is 0 Å². The SMILES string of the molecule is C=C(Nc1cc(N)ccc1C=N)OCC.[HH]. The predicted molar refractivity (Wildman–Crippen MR) is 65.2 cm³/mol. The Morgan fingerprint density at radius 3 is 3.07 bits per heavy atom. The van der Waals surface area contributed by atoms with Crippen LogP contribution < -0.4 is 11.1 Å². The molecule has 4 nitrogen and oxygen atoms in total. The number of hydrogen-bond acceptors (Lipinski definition) is 4.